The molecule has 1 aromatic heterocycles. The van der Waals surface area contributed by atoms with E-state index in [4.69, 9.17) is 4.52 Å². The molecule has 0 aliphatic carbocycles. The number of benzene rings is 1. The average Bonchev–Trinajstić information content (AvgIpc) is 2.65. The molecule has 0 saturated carbocycles. The second kappa shape index (κ2) is 4.09. The van der Waals surface area contributed by atoms with Gasteiger partial charge in [0.25, 0.3) is 0 Å². The van der Waals surface area contributed by atoms with Gasteiger partial charge < -0.3 is 4.52 Å². The quantitative estimate of drug-likeness (QED) is 0.818. The summed E-state index contributed by atoms with van der Waals surface area (Å²) >= 11 is 0. The minimum atomic E-state index is -3.33. The molecule has 0 amide bonds. The summed E-state index contributed by atoms with van der Waals surface area (Å²) in [7, 11) is -3.33. The molecule has 0 aliphatic rings. The molecule has 1 radical (unpaired) electrons. The Balaban J connectivity index is 2.27. The van der Waals surface area contributed by atoms with E-state index in [1.54, 1.807) is 6.07 Å². The molecular weight excluding hydrogens is 226 g/mol. The van der Waals surface area contributed by atoms with E-state index in [9.17, 15) is 8.42 Å². The molecule has 0 N–H and O–H groups in total. The highest BCUT2D eigenvalue weighted by Crippen LogP contribution is 2.19. The van der Waals surface area contributed by atoms with Crippen LogP contribution >= 0.6 is 0 Å². The lowest BCUT2D eigenvalue weighted by atomic mass is 10.1. The highest BCUT2D eigenvalue weighted by Gasteiger charge is 2.11. The fourth-order valence-corrected chi connectivity index (χ4v) is 1.91. The van der Waals surface area contributed by atoms with Crippen LogP contribution in [0.1, 0.15) is 5.76 Å². The van der Waals surface area contributed by atoms with E-state index < -0.39 is 9.84 Å². The monoisotopic (exact) mass is 236 g/mol. The summed E-state index contributed by atoms with van der Waals surface area (Å²) in [6.07, 6.45) is 3.03. The third-order valence-electron chi connectivity index (χ3n) is 1.99. The summed E-state index contributed by atoms with van der Waals surface area (Å²) in [5.74, 6) is 0.0705. The van der Waals surface area contributed by atoms with Crippen LogP contribution in [-0.4, -0.2) is 13.6 Å². The lowest BCUT2D eigenvalue weighted by Crippen LogP contribution is -1.96. The van der Waals surface area contributed by atoms with Crippen LogP contribution in [0.4, 0.5) is 0 Å². The van der Waals surface area contributed by atoms with E-state index in [2.05, 4.69) is 11.4 Å². The molecule has 83 valence electrons. The van der Waals surface area contributed by atoms with Gasteiger partial charge in [-0.15, -0.1) is 0 Å². The average molecular weight is 236 g/mol. The maximum Gasteiger partial charge on any atom is 0.158 e. The Morgan fingerprint density at radius 3 is 2.56 bits per heavy atom. The van der Waals surface area contributed by atoms with Crippen LogP contribution in [0.15, 0.2) is 40.9 Å². The Kier molecular flexibility index (Phi) is 2.78. The van der Waals surface area contributed by atoms with E-state index in [1.165, 1.54) is 0 Å². The van der Waals surface area contributed by atoms with Gasteiger partial charge in [-0.1, -0.05) is 35.5 Å². The zero-order valence-corrected chi connectivity index (χ0v) is 9.28. The highest BCUT2D eigenvalue weighted by atomic mass is 32.2. The number of sulfone groups is 1. The molecular formula is C11H10NO3S. The van der Waals surface area contributed by atoms with Gasteiger partial charge in [-0.25, -0.2) is 8.42 Å². The van der Waals surface area contributed by atoms with E-state index in [0.29, 0.717) is 11.5 Å². The first-order valence-corrected chi connectivity index (χ1v) is 6.43. The summed E-state index contributed by atoms with van der Waals surface area (Å²) in [4.78, 5) is 0. The predicted molar refractivity (Wildman–Crippen MR) is 59.9 cm³/mol. The van der Waals surface area contributed by atoms with Crippen molar-refractivity contribution in [3.63, 3.8) is 0 Å². The van der Waals surface area contributed by atoms with Crippen LogP contribution < -0.4 is 0 Å². The Hall–Kier alpha value is -1.62. The Morgan fingerprint density at radius 1 is 1.25 bits per heavy atom. The number of nitrogens with zero attached hydrogens (tertiary/aromatic N) is 1. The van der Waals surface area contributed by atoms with Crippen molar-refractivity contribution in [2.45, 2.75) is 5.75 Å². The molecule has 2 rings (SSSR count). The zero-order valence-electron chi connectivity index (χ0n) is 8.46. The largest absolute Gasteiger partial charge is 0.360 e. The molecule has 0 bridgehead atoms. The van der Waals surface area contributed by atoms with E-state index >= 15 is 0 Å². The van der Waals surface area contributed by atoms with Crippen LogP contribution in [0, 0.1) is 6.26 Å². The molecule has 16 heavy (non-hydrogen) atoms. The normalized spacial score (nSPS) is 11.6. The SMILES string of the molecule is [CH2]S(=O)(=O)Cc1cc(-c2ccccc2)no1. The van der Waals surface area contributed by atoms with Crippen LogP contribution in [0.2, 0.25) is 0 Å². The van der Waals surface area contributed by atoms with Gasteiger partial charge in [0, 0.05) is 11.6 Å². The van der Waals surface area contributed by atoms with Crippen molar-refractivity contribution >= 4 is 9.84 Å². The minimum absolute atomic E-state index is 0.229. The number of aromatic nitrogens is 1. The molecule has 1 aromatic carbocycles. The number of rotatable bonds is 3. The van der Waals surface area contributed by atoms with Gasteiger partial charge in [0.15, 0.2) is 15.6 Å². The smallest absolute Gasteiger partial charge is 0.158 e. The molecule has 1 heterocycles. The van der Waals surface area contributed by atoms with Gasteiger partial charge in [0.1, 0.15) is 11.4 Å². The fourth-order valence-electron chi connectivity index (χ4n) is 1.34. The lowest BCUT2D eigenvalue weighted by Gasteiger charge is -1.91. The molecule has 5 heteroatoms. The highest BCUT2D eigenvalue weighted by molar-refractivity contribution is 7.91. The summed E-state index contributed by atoms with van der Waals surface area (Å²) < 4.78 is 26.8. The maximum atomic E-state index is 10.9. The van der Waals surface area contributed by atoms with E-state index in [0.717, 1.165) is 5.56 Å². The third-order valence-corrected chi connectivity index (χ3v) is 2.72. The van der Waals surface area contributed by atoms with Gasteiger partial charge in [0.05, 0.1) is 6.26 Å². The number of hydrogen-bond acceptors (Lipinski definition) is 4. The van der Waals surface area contributed by atoms with Gasteiger partial charge in [-0.2, -0.15) is 0 Å². The maximum absolute atomic E-state index is 10.9. The molecule has 0 unspecified atom stereocenters. The van der Waals surface area contributed by atoms with Crippen molar-refractivity contribution in [3.05, 3.63) is 48.4 Å². The van der Waals surface area contributed by atoms with Crippen LogP contribution in [0.3, 0.4) is 0 Å². The first-order chi connectivity index (χ1) is 7.54. The van der Waals surface area contributed by atoms with Crippen LogP contribution in [0.5, 0.6) is 0 Å². The first-order valence-electron chi connectivity index (χ1n) is 4.61. The van der Waals surface area contributed by atoms with E-state index in [-0.39, 0.29) is 5.75 Å². The fraction of sp³-hybridized carbons (Fsp3) is 0.0909. The van der Waals surface area contributed by atoms with Crippen molar-refractivity contribution < 1.29 is 12.9 Å². The van der Waals surface area contributed by atoms with Crippen molar-refractivity contribution in [3.8, 4) is 11.3 Å². The zero-order chi connectivity index (χ0) is 11.6. The van der Waals surface area contributed by atoms with Gasteiger partial charge in [-0.3, -0.25) is 0 Å². The van der Waals surface area contributed by atoms with Crippen molar-refractivity contribution in [2.24, 2.45) is 0 Å². The van der Waals surface area contributed by atoms with Gasteiger partial charge in [0.2, 0.25) is 0 Å². The Morgan fingerprint density at radius 2 is 1.94 bits per heavy atom. The molecule has 0 atom stereocenters. The van der Waals surface area contributed by atoms with Crippen LogP contribution in [-0.2, 0) is 15.6 Å². The van der Waals surface area contributed by atoms with E-state index in [1.807, 2.05) is 30.3 Å². The van der Waals surface area contributed by atoms with Crippen molar-refractivity contribution in [1.29, 1.82) is 0 Å². The standard InChI is InChI=1S/C11H10NO3S/c1-16(13,14)8-10-7-11(12-15-10)9-5-3-2-4-6-9/h2-7H,1,8H2. The summed E-state index contributed by atoms with van der Waals surface area (Å²) in [5.41, 5.74) is 1.51. The van der Waals surface area contributed by atoms with Crippen molar-refractivity contribution in [1.82, 2.24) is 5.16 Å². The molecule has 0 aliphatic heterocycles. The second-order valence-corrected chi connectivity index (χ2v) is 5.21. The molecule has 2 aromatic rings. The molecule has 0 saturated heterocycles. The lowest BCUT2D eigenvalue weighted by molar-refractivity contribution is 0.395. The second-order valence-electron chi connectivity index (χ2n) is 3.43. The summed E-state index contributed by atoms with van der Waals surface area (Å²) in [6, 6.07) is 11.0. The molecule has 0 spiro atoms. The topological polar surface area (TPSA) is 60.2 Å². The molecule has 0 fully saturated rings. The summed E-state index contributed by atoms with van der Waals surface area (Å²) in [5, 5.41) is 3.80. The third kappa shape index (κ3) is 2.70. The van der Waals surface area contributed by atoms with Gasteiger partial charge >= 0.3 is 0 Å². The minimum Gasteiger partial charge on any atom is -0.360 e. The summed E-state index contributed by atoms with van der Waals surface area (Å²) in [6.45, 7) is 0. The predicted octanol–water partition coefficient (Wildman–Crippen LogP) is 2.05. The molecule has 4 nitrogen and oxygen atoms in total. The van der Waals surface area contributed by atoms with Crippen molar-refractivity contribution in [2.75, 3.05) is 0 Å². The Bertz CT molecular complexity index is 572. The Labute approximate surface area is 93.8 Å². The number of hydrogen-bond donors (Lipinski definition) is 0. The van der Waals surface area contributed by atoms with Gasteiger partial charge in [-0.05, 0) is 0 Å². The first kappa shape index (κ1) is 10.9. The van der Waals surface area contributed by atoms with Crippen LogP contribution in [0.25, 0.3) is 11.3 Å².